The van der Waals surface area contributed by atoms with Gasteiger partial charge in [0.25, 0.3) is 0 Å². The molecule has 0 atom stereocenters. The summed E-state index contributed by atoms with van der Waals surface area (Å²) < 4.78 is 0. The second kappa shape index (κ2) is 8.37. The van der Waals surface area contributed by atoms with Gasteiger partial charge in [-0.3, -0.25) is 9.59 Å². The van der Waals surface area contributed by atoms with Crippen LogP contribution in [0.3, 0.4) is 0 Å². The average molecular weight is 274 g/mol. The minimum absolute atomic E-state index is 0.0861. The number of carbonyl (C=O) groups excluding carboxylic acids is 1. The first kappa shape index (κ1) is 15.3. The van der Waals surface area contributed by atoms with Crippen LogP contribution in [0.5, 0.6) is 0 Å². The van der Waals surface area contributed by atoms with E-state index >= 15 is 0 Å². The highest BCUT2D eigenvalue weighted by Gasteiger charge is 2.26. The van der Waals surface area contributed by atoms with E-state index in [-0.39, 0.29) is 11.8 Å². The summed E-state index contributed by atoms with van der Waals surface area (Å²) in [6.45, 7) is 2.37. The van der Waals surface area contributed by atoms with Crippen molar-refractivity contribution in [2.75, 3.05) is 38.2 Å². The summed E-state index contributed by atoms with van der Waals surface area (Å²) in [7, 11) is 0. The lowest BCUT2D eigenvalue weighted by molar-refractivity contribution is -0.145. The predicted molar refractivity (Wildman–Crippen MR) is 72.8 cm³/mol. The largest absolute Gasteiger partial charge is 0.481 e. The van der Waals surface area contributed by atoms with Crippen LogP contribution in [0.1, 0.15) is 19.3 Å². The number of hydrogen-bond donors (Lipinski definition) is 2. The molecule has 1 aliphatic rings. The third kappa shape index (κ3) is 5.27. The fourth-order valence-electron chi connectivity index (χ4n) is 2.02. The maximum atomic E-state index is 11.8. The van der Waals surface area contributed by atoms with Crippen molar-refractivity contribution in [2.45, 2.75) is 19.3 Å². The molecule has 1 aliphatic heterocycles. The predicted octanol–water partition coefficient (Wildman–Crippen LogP) is 0.652. The molecular weight excluding hydrogens is 252 g/mol. The number of amides is 1. The van der Waals surface area contributed by atoms with E-state index in [0.717, 1.165) is 18.7 Å². The molecule has 0 aromatic carbocycles. The van der Waals surface area contributed by atoms with E-state index in [4.69, 9.17) is 5.11 Å². The van der Waals surface area contributed by atoms with Crippen LogP contribution in [0.2, 0.25) is 0 Å². The van der Waals surface area contributed by atoms with Crippen molar-refractivity contribution >= 4 is 23.6 Å². The zero-order valence-corrected chi connectivity index (χ0v) is 11.7. The maximum absolute atomic E-state index is 11.8. The number of carboxylic acids is 1. The topological polar surface area (TPSA) is 69.6 Å². The van der Waals surface area contributed by atoms with Crippen LogP contribution < -0.4 is 5.32 Å². The van der Waals surface area contributed by atoms with E-state index in [9.17, 15) is 9.59 Å². The van der Waals surface area contributed by atoms with Crippen LogP contribution in [-0.2, 0) is 9.59 Å². The van der Waals surface area contributed by atoms with Crippen molar-refractivity contribution in [3.63, 3.8) is 0 Å². The van der Waals surface area contributed by atoms with Gasteiger partial charge in [0, 0.05) is 13.1 Å². The Balaban J connectivity index is 2.14. The summed E-state index contributed by atoms with van der Waals surface area (Å²) in [5.41, 5.74) is 0. The van der Waals surface area contributed by atoms with E-state index in [0.29, 0.717) is 32.5 Å². The number of nitrogens with zero attached hydrogens (tertiary/aromatic N) is 1. The molecule has 1 heterocycles. The number of hydrogen-bond acceptors (Lipinski definition) is 4. The number of likely N-dealkylation sites (tertiary alicyclic amines) is 1. The van der Waals surface area contributed by atoms with Crippen molar-refractivity contribution in [3.8, 4) is 0 Å². The standard InChI is InChI=1S/C12H22N2O3S/c1-18-8-2-5-13-9-11(15)14-6-3-10(4-7-14)12(16)17/h10,13H,2-9H2,1H3,(H,16,17). The molecule has 6 heteroatoms. The van der Waals surface area contributed by atoms with Gasteiger partial charge < -0.3 is 15.3 Å². The third-order valence-electron chi connectivity index (χ3n) is 3.18. The van der Waals surface area contributed by atoms with Crippen molar-refractivity contribution in [1.29, 1.82) is 0 Å². The third-order valence-corrected chi connectivity index (χ3v) is 3.87. The molecule has 0 saturated carbocycles. The van der Waals surface area contributed by atoms with Crippen LogP contribution in [0.15, 0.2) is 0 Å². The molecule has 1 saturated heterocycles. The lowest BCUT2D eigenvalue weighted by Gasteiger charge is -2.30. The summed E-state index contributed by atoms with van der Waals surface area (Å²) in [5, 5.41) is 12.0. The van der Waals surface area contributed by atoms with E-state index in [2.05, 4.69) is 11.6 Å². The van der Waals surface area contributed by atoms with Crippen molar-refractivity contribution in [1.82, 2.24) is 10.2 Å². The fourth-order valence-corrected chi connectivity index (χ4v) is 2.46. The number of carbonyl (C=O) groups is 2. The first-order chi connectivity index (χ1) is 8.65. The molecule has 0 radical (unpaired) electrons. The zero-order valence-electron chi connectivity index (χ0n) is 10.9. The Hall–Kier alpha value is -0.750. The number of thioether (sulfide) groups is 1. The number of rotatable bonds is 7. The highest BCUT2D eigenvalue weighted by molar-refractivity contribution is 7.98. The Labute approximate surface area is 112 Å². The van der Waals surface area contributed by atoms with E-state index in [1.165, 1.54) is 0 Å². The summed E-state index contributed by atoms with van der Waals surface area (Å²) >= 11 is 1.80. The Bertz CT molecular complexity index is 278. The molecule has 0 bridgehead atoms. The fraction of sp³-hybridized carbons (Fsp3) is 0.833. The summed E-state index contributed by atoms with van der Waals surface area (Å²) in [5.74, 6) is 0.175. The monoisotopic (exact) mass is 274 g/mol. The zero-order chi connectivity index (χ0) is 13.4. The van der Waals surface area contributed by atoms with Crippen LogP contribution in [0.25, 0.3) is 0 Å². The second-order valence-corrected chi connectivity index (χ2v) is 5.50. The second-order valence-electron chi connectivity index (χ2n) is 4.52. The lowest BCUT2D eigenvalue weighted by atomic mass is 9.97. The van der Waals surface area contributed by atoms with Gasteiger partial charge in [-0.05, 0) is 37.8 Å². The smallest absolute Gasteiger partial charge is 0.306 e. The molecular formula is C12H22N2O3S. The Morgan fingerprint density at radius 3 is 2.61 bits per heavy atom. The molecule has 104 valence electrons. The Morgan fingerprint density at radius 1 is 1.39 bits per heavy atom. The molecule has 1 fully saturated rings. The average Bonchev–Trinajstić information content (AvgIpc) is 2.38. The minimum Gasteiger partial charge on any atom is -0.481 e. The van der Waals surface area contributed by atoms with E-state index in [1.807, 2.05) is 0 Å². The Kier molecular flexibility index (Phi) is 7.12. The van der Waals surface area contributed by atoms with Crippen molar-refractivity contribution in [2.24, 2.45) is 5.92 Å². The minimum atomic E-state index is -0.739. The van der Waals surface area contributed by atoms with Gasteiger partial charge >= 0.3 is 5.97 Å². The first-order valence-corrected chi connectivity index (χ1v) is 7.74. The van der Waals surface area contributed by atoms with Crippen molar-refractivity contribution in [3.05, 3.63) is 0 Å². The molecule has 1 rings (SSSR count). The number of nitrogens with one attached hydrogen (secondary N) is 1. The Morgan fingerprint density at radius 2 is 2.06 bits per heavy atom. The number of carboxylic acid groups (broad SMARTS) is 1. The molecule has 0 spiro atoms. The van der Waals surface area contributed by atoms with Gasteiger partial charge in [-0.2, -0.15) is 11.8 Å². The van der Waals surface area contributed by atoms with Gasteiger partial charge in [0.1, 0.15) is 0 Å². The summed E-state index contributed by atoms with van der Waals surface area (Å²) in [6.07, 6.45) is 4.29. The SMILES string of the molecule is CSCCCNCC(=O)N1CCC(C(=O)O)CC1. The maximum Gasteiger partial charge on any atom is 0.306 e. The summed E-state index contributed by atoms with van der Waals surface area (Å²) in [4.78, 5) is 24.4. The normalized spacial score (nSPS) is 16.8. The molecule has 2 N–H and O–H groups in total. The lowest BCUT2D eigenvalue weighted by Crippen LogP contribution is -2.44. The van der Waals surface area contributed by atoms with Crippen LogP contribution in [0, 0.1) is 5.92 Å². The number of piperidine rings is 1. The molecule has 0 aliphatic carbocycles. The molecule has 5 nitrogen and oxygen atoms in total. The van der Waals surface area contributed by atoms with E-state index in [1.54, 1.807) is 16.7 Å². The molecule has 0 aromatic rings. The van der Waals surface area contributed by atoms with Gasteiger partial charge in [-0.25, -0.2) is 0 Å². The molecule has 0 unspecified atom stereocenters. The van der Waals surface area contributed by atoms with Gasteiger partial charge in [-0.15, -0.1) is 0 Å². The highest BCUT2D eigenvalue weighted by Crippen LogP contribution is 2.16. The summed E-state index contributed by atoms with van der Waals surface area (Å²) in [6, 6.07) is 0. The first-order valence-electron chi connectivity index (χ1n) is 6.35. The molecule has 18 heavy (non-hydrogen) atoms. The molecule has 0 aromatic heterocycles. The van der Waals surface area contributed by atoms with Crippen LogP contribution >= 0.6 is 11.8 Å². The van der Waals surface area contributed by atoms with Crippen LogP contribution in [-0.4, -0.2) is 60.1 Å². The molecule has 1 amide bonds. The van der Waals surface area contributed by atoms with Gasteiger partial charge in [0.15, 0.2) is 0 Å². The van der Waals surface area contributed by atoms with Crippen molar-refractivity contribution < 1.29 is 14.7 Å². The van der Waals surface area contributed by atoms with Gasteiger partial charge in [0.2, 0.25) is 5.91 Å². The van der Waals surface area contributed by atoms with Gasteiger partial charge in [0.05, 0.1) is 12.5 Å². The quantitative estimate of drug-likeness (QED) is 0.667. The van der Waals surface area contributed by atoms with Crippen LogP contribution in [0.4, 0.5) is 0 Å². The van der Waals surface area contributed by atoms with E-state index < -0.39 is 5.97 Å². The number of aliphatic carboxylic acids is 1. The highest BCUT2D eigenvalue weighted by atomic mass is 32.2. The van der Waals surface area contributed by atoms with Gasteiger partial charge in [-0.1, -0.05) is 0 Å².